The predicted molar refractivity (Wildman–Crippen MR) is 78.6 cm³/mol. The van der Waals surface area contributed by atoms with Gasteiger partial charge in [0.1, 0.15) is 0 Å². The van der Waals surface area contributed by atoms with E-state index in [1.165, 1.54) is 0 Å². The summed E-state index contributed by atoms with van der Waals surface area (Å²) in [6.07, 6.45) is 4.56. The smallest absolute Gasteiger partial charge is 0.328 e. The molecule has 2 rings (SSSR count). The largest absolute Gasteiger partial charge is 0.478 e. The van der Waals surface area contributed by atoms with Gasteiger partial charge in [0.05, 0.1) is 0 Å². The van der Waals surface area contributed by atoms with Crippen LogP contribution in [0.3, 0.4) is 0 Å². The summed E-state index contributed by atoms with van der Waals surface area (Å²) in [4.78, 5) is 10.6. The van der Waals surface area contributed by atoms with Crippen molar-refractivity contribution in [1.29, 1.82) is 0 Å². The molecule has 0 unspecified atom stereocenters. The summed E-state index contributed by atoms with van der Waals surface area (Å²) in [5, 5.41) is 8.73. The zero-order valence-corrected chi connectivity index (χ0v) is 10.4. The number of aliphatic carboxylic acids is 1. The molecular weight excluding hydrogens is 236 g/mol. The molecule has 0 bridgehead atoms. The fraction of sp³-hybridized carbons (Fsp3) is 0. The van der Waals surface area contributed by atoms with Crippen molar-refractivity contribution in [2.75, 3.05) is 0 Å². The monoisotopic (exact) mass is 250 g/mol. The minimum Gasteiger partial charge on any atom is -0.478 e. The summed E-state index contributed by atoms with van der Waals surface area (Å²) in [5.74, 6) is -0.952. The van der Waals surface area contributed by atoms with E-state index in [9.17, 15) is 4.79 Å². The van der Waals surface area contributed by atoms with Crippen molar-refractivity contribution in [2.24, 2.45) is 0 Å². The molecule has 19 heavy (non-hydrogen) atoms. The maximum atomic E-state index is 10.6. The summed E-state index contributed by atoms with van der Waals surface area (Å²) in [6.45, 7) is 3.81. The Bertz CT molecular complexity index is 639. The first kappa shape index (κ1) is 12.8. The molecule has 0 fully saturated rings. The van der Waals surface area contributed by atoms with Crippen LogP contribution in [0.2, 0.25) is 0 Å². The third kappa shape index (κ3) is 2.99. The quantitative estimate of drug-likeness (QED) is 0.830. The number of carboxylic acid groups (broad SMARTS) is 1. The molecule has 2 nitrogen and oxygen atoms in total. The van der Waals surface area contributed by atoms with Crippen molar-refractivity contribution in [3.05, 3.63) is 72.3 Å². The average molecular weight is 250 g/mol. The van der Waals surface area contributed by atoms with Crippen molar-refractivity contribution in [3.8, 4) is 11.1 Å². The van der Waals surface area contributed by atoms with Crippen LogP contribution >= 0.6 is 0 Å². The first-order chi connectivity index (χ1) is 9.22. The zero-order chi connectivity index (χ0) is 13.7. The fourth-order valence-electron chi connectivity index (χ4n) is 1.97. The molecule has 0 saturated heterocycles. The number of carboxylic acids is 1. The van der Waals surface area contributed by atoms with Gasteiger partial charge in [-0.3, -0.25) is 0 Å². The number of rotatable bonds is 4. The van der Waals surface area contributed by atoms with Gasteiger partial charge in [0.15, 0.2) is 0 Å². The predicted octanol–water partition coefficient (Wildman–Crippen LogP) is 4.09. The van der Waals surface area contributed by atoms with Gasteiger partial charge in [0, 0.05) is 6.08 Å². The Morgan fingerprint density at radius 3 is 2.05 bits per heavy atom. The van der Waals surface area contributed by atoms with E-state index in [1.807, 2.05) is 48.5 Å². The standard InChI is InChI=1S/C17H14O2/c1-2-13-7-3-5-9-15(13)16-10-6-4-8-14(16)11-12-17(18)19/h2-12H,1H2,(H,18,19)/b12-11+. The van der Waals surface area contributed by atoms with Crippen LogP contribution in [0.25, 0.3) is 23.3 Å². The Morgan fingerprint density at radius 1 is 0.947 bits per heavy atom. The highest BCUT2D eigenvalue weighted by Gasteiger charge is 2.05. The number of carbonyl (C=O) groups is 1. The Morgan fingerprint density at radius 2 is 1.47 bits per heavy atom. The average Bonchev–Trinajstić information content (AvgIpc) is 2.45. The molecule has 94 valence electrons. The van der Waals surface area contributed by atoms with Crippen LogP contribution in [0.1, 0.15) is 11.1 Å². The van der Waals surface area contributed by atoms with Crippen LogP contribution in [0.4, 0.5) is 0 Å². The summed E-state index contributed by atoms with van der Waals surface area (Å²) in [7, 11) is 0. The van der Waals surface area contributed by atoms with Crippen LogP contribution in [0.5, 0.6) is 0 Å². The lowest BCUT2D eigenvalue weighted by molar-refractivity contribution is -0.131. The number of benzene rings is 2. The molecule has 1 N–H and O–H groups in total. The molecule has 2 aromatic rings. The Labute approximate surface area is 112 Å². The maximum absolute atomic E-state index is 10.6. The summed E-state index contributed by atoms with van der Waals surface area (Å²) < 4.78 is 0. The number of hydrogen-bond donors (Lipinski definition) is 1. The van der Waals surface area contributed by atoms with Gasteiger partial charge in [-0.05, 0) is 28.3 Å². The summed E-state index contributed by atoms with van der Waals surface area (Å²) >= 11 is 0. The first-order valence-electron chi connectivity index (χ1n) is 5.94. The lowest BCUT2D eigenvalue weighted by atomic mass is 9.95. The molecule has 0 aromatic heterocycles. The summed E-state index contributed by atoms with van der Waals surface area (Å²) in [6, 6.07) is 15.6. The van der Waals surface area contributed by atoms with Gasteiger partial charge in [-0.2, -0.15) is 0 Å². The van der Waals surface area contributed by atoms with Crippen LogP contribution in [-0.2, 0) is 4.79 Å². The third-order valence-corrected chi connectivity index (χ3v) is 2.84. The molecule has 0 radical (unpaired) electrons. The van der Waals surface area contributed by atoms with Gasteiger partial charge in [0.25, 0.3) is 0 Å². The van der Waals surface area contributed by atoms with Crippen LogP contribution in [0.15, 0.2) is 61.2 Å². The Balaban J connectivity index is 2.56. The van der Waals surface area contributed by atoms with E-state index in [2.05, 4.69) is 6.58 Å². The second kappa shape index (κ2) is 5.83. The molecule has 0 amide bonds. The lowest BCUT2D eigenvalue weighted by Crippen LogP contribution is -1.89. The van der Waals surface area contributed by atoms with Crippen LogP contribution in [-0.4, -0.2) is 11.1 Å². The van der Waals surface area contributed by atoms with E-state index in [4.69, 9.17) is 5.11 Å². The van der Waals surface area contributed by atoms with E-state index >= 15 is 0 Å². The van der Waals surface area contributed by atoms with E-state index in [0.717, 1.165) is 28.3 Å². The lowest BCUT2D eigenvalue weighted by Gasteiger charge is -2.09. The molecular formula is C17H14O2. The van der Waals surface area contributed by atoms with Crippen LogP contribution < -0.4 is 0 Å². The second-order valence-corrected chi connectivity index (χ2v) is 4.05. The van der Waals surface area contributed by atoms with Gasteiger partial charge >= 0.3 is 5.97 Å². The molecule has 2 aromatic carbocycles. The Kier molecular flexibility index (Phi) is 3.94. The van der Waals surface area contributed by atoms with Crippen molar-refractivity contribution < 1.29 is 9.90 Å². The Hall–Kier alpha value is -2.61. The highest BCUT2D eigenvalue weighted by atomic mass is 16.4. The summed E-state index contributed by atoms with van der Waals surface area (Å²) in [5.41, 5.74) is 3.94. The normalized spacial score (nSPS) is 10.5. The minimum atomic E-state index is -0.952. The zero-order valence-electron chi connectivity index (χ0n) is 10.4. The van der Waals surface area contributed by atoms with Gasteiger partial charge in [-0.25, -0.2) is 4.79 Å². The molecule has 0 saturated carbocycles. The molecule has 2 heteroatoms. The third-order valence-electron chi connectivity index (χ3n) is 2.84. The SMILES string of the molecule is C=Cc1ccccc1-c1ccccc1/C=C/C(=O)O. The number of hydrogen-bond acceptors (Lipinski definition) is 1. The topological polar surface area (TPSA) is 37.3 Å². The molecule has 0 atom stereocenters. The minimum absolute atomic E-state index is 0.874. The molecule has 0 aliphatic rings. The van der Waals surface area contributed by atoms with Crippen molar-refractivity contribution in [3.63, 3.8) is 0 Å². The van der Waals surface area contributed by atoms with Gasteiger partial charge in [-0.1, -0.05) is 61.2 Å². The van der Waals surface area contributed by atoms with Crippen molar-refractivity contribution in [2.45, 2.75) is 0 Å². The van der Waals surface area contributed by atoms with Gasteiger partial charge < -0.3 is 5.11 Å². The van der Waals surface area contributed by atoms with E-state index in [1.54, 1.807) is 12.2 Å². The molecule has 0 spiro atoms. The van der Waals surface area contributed by atoms with Gasteiger partial charge in [0.2, 0.25) is 0 Å². The van der Waals surface area contributed by atoms with Gasteiger partial charge in [-0.15, -0.1) is 0 Å². The molecule has 0 aliphatic heterocycles. The highest BCUT2D eigenvalue weighted by molar-refractivity contribution is 5.89. The highest BCUT2D eigenvalue weighted by Crippen LogP contribution is 2.28. The van der Waals surface area contributed by atoms with E-state index in [0.29, 0.717) is 0 Å². The second-order valence-electron chi connectivity index (χ2n) is 4.05. The fourth-order valence-corrected chi connectivity index (χ4v) is 1.97. The maximum Gasteiger partial charge on any atom is 0.328 e. The molecule has 0 heterocycles. The van der Waals surface area contributed by atoms with Crippen molar-refractivity contribution >= 4 is 18.1 Å². The van der Waals surface area contributed by atoms with Crippen molar-refractivity contribution in [1.82, 2.24) is 0 Å². The van der Waals surface area contributed by atoms with E-state index < -0.39 is 5.97 Å². The van der Waals surface area contributed by atoms with Crippen LogP contribution in [0, 0.1) is 0 Å². The first-order valence-corrected chi connectivity index (χ1v) is 5.94. The molecule has 0 aliphatic carbocycles. The van der Waals surface area contributed by atoms with E-state index in [-0.39, 0.29) is 0 Å².